The monoisotopic (exact) mass is 300 g/mol. The fourth-order valence-electron chi connectivity index (χ4n) is 2.17. The van der Waals surface area contributed by atoms with Gasteiger partial charge in [-0.3, -0.25) is 14.9 Å². The number of benzene rings is 2. The largest absolute Gasteiger partial charge is 0.288 e. The first-order valence-corrected chi connectivity index (χ1v) is 5.93. The van der Waals surface area contributed by atoms with Crippen molar-refractivity contribution in [1.29, 1.82) is 5.26 Å². The third-order valence-electron chi connectivity index (χ3n) is 2.90. The van der Waals surface area contributed by atoms with Crippen molar-refractivity contribution in [2.45, 2.75) is 0 Å². The zero-order valence-electron chi connectivity index (χ0n) is 8.95. The molecule has 0 aromatic heterocycles. The van der Waals surface area contributed by atoms with E-state index in [0.29, 0.717) is 10.9 Å². The van der Waals surface area contributed by atoms with Crippen LogP contribution in [0.5, 0.6) is 0 Å². The van der Waals surface area contributed by atoms with Crippen molar-refractivity contribution in [3.05, 3.63) is 45.4 Å². The second-order valence-corrected chi connectivity index (χ2v) is 4.85. The molecule has 1 N–H and O–H groups in total. The van der Waals surface area contributed by atoms with Crippen molar-refractivity contribution < 1.29 is 9.59 Å². The van der Waals surface area contributed by atoms with Crippen LogP contribution < -0.4 is 5.32 Å². The number of hydrogen-bond donors (Lipinski definition) is 1. The normalized spacial score (nSPS) is 13.3. The number of imide groups is 1. The van der Waals surface area contributed by atoms with Crippen molar-refractivity contribution in [3.63, 3.8) is 0 Å². The smallest absolute Gasteiger partial charge is 0.260 e. The Bertz CT molecular complexity index is 775. The van der Waals surface area contributed by atoms with Gasteiger partial charge in [-0.25, -0.2) is 0 Å². The lowest BCUT2D eigenvalue weighted by atomic mass is 9.92. The van der Waals surface area contributed by atoms with Crippen LogP contribution in [-0.2, 0) is 0 Å². The van der Waals surface area contributed by atoms with Gasteiger partial charge in [-0.15, -0.1) is 0 Å². The van der Waals surface area contributed by atoms with Gasteiger partial charge >= 0.3 is 0 Å². The number of amides is 2. The van der Waals surface area contributed by atoms with Crippen LogP contribution in [0.15, 0.2) is 28.7 Å². The third kappa shape index (κ3) is 1.36. The first-order chi connectivity index (χ1) is 8.61. The number of carbonyl (C=O) groups excluding carboxylic acids is 2. The molecule has 0 spiro atoms. The van der Waals surface area contributed by atoms with E-state index in [4.69, 9.17) is 5.26 Å². The number of rotatable bonds is 0. The molecule has 1 heterocycles. The van der Waals surface area contributed by atoms with Crippen molar-refractivity contribution >= 4 is 38.5 Å². The van der Waals surface area contributed by atoms with Gasteiger partial charge in [0.05, 0.1) is 17.2 Å². The van der Waals surface area contributed by atoms with Gasteiger partial charge in [-0.05, 0) is 23.6 Å². The molecule has 0 aliphatic carbocycles. The molecule has 86 valence electrons. The van der Waals surface area contributed by atoms with E-state index < -0.39 is 11.8 Å². The summed E-state index contributed by atoms with van der Waals surface area (Å²) in [5.41, 5.74) is 0.958. The van der Waals surface area contributed by atoms with E-state index in [1.807, 2.05) is 12.1 Å². The van der Waals surface area contributed by atoms with E-state index in [1.165, 1.54) is 0 Å². The summed E-state index contributed by atoms with van der Waals surface area (Å²) in [4.78, 5) is 23.7. The average molecular weight is 301 g/mol. The van der Waals surface area contributed by atoms with Gasteiger partial charge in [0, 0.05) is 15.4 Å². The summed E-state index contributed by atoms with van der Waals surface area (Å²) < 4.78 is 0.755. The van der Waals surface area contributed by atoms with Crippen molar-refractivity contribution in [2.75, 3.05) is 0 Å². The fourth-order valence-corrected chi connectivity index (χ4v) is 2.65. The Labute approximate surface area is 110 Å². The topological polar surface area (TPSA) is 70.0 Å². The van der Waals surface area contributed by atoms with Crippen LogP contribution in [0.2, 0.25) is 0 Å². The molecule has 2 aromatic rings. The molecule has 18 heavy (non-hydrogen) atoms. The van der Waals surface area contributed by atoms with Crippen LogP contribution in [-0.4, -0.2) is 11.8 Å². The SMILES string of the molecule is N#Cc1ccc2cc(Br)cc3c2c1C(=O)NC3=O. The van der Waals surface area contributed by atoms with Gasteiger partial charge in [0.1, 0.15) is 0 Å². The molecule has 0 bridgehead atoms. The van der Waals surface area contributed by atoms with Crippen LogP contribution in [0.4, 0.5) is 0 Å². The van der Waals surface area contributed by atoms with E-state index in [-0.39, 0.29) is 11.1 Å². The lowest BCUT2D eigenvalue weighted by Crippen LogP contribution is -2.35. The van der Waals surface area contributed by atoms with Gasteiger partial charge in [0.15, 0.2) is 0 Å². The van der Waals surface area contributed by atoms with E-state index in [2.05, 4.69) is 21.2 Å². The number of nitrogens with one attached hydrogen (secondary N) is 1. The Morgan fingerprint density at radius 3 is 2.67 bits per heavy atom. The highest BCUT2D eigenvalue weighted by Gasteiger charge is 2.27. The number of hydrogen-bond acceptors (Lipinski definition) is 3. The Morgan fingerprint density at radius 1 is 1.17 bits per heavy atom. The Balaban J connectivity index is 2.59. The molecule has 3 rings (SSSR count). The van der Waals surface area contributed by atoms with Gasteiger partial charge in [-0.1, -0.05) is 22.0 Å². The molecule has 1 aliphatic rings. The maximum Gasteiger partial charge on any atom is 0.260 e. The lowest BCUT2D eigenvalue weighted by Gasteiger charge is -2.17. The van der Waals surface area contributed by atoms with Gasteiger partial charge in [0.25, 0.3) is 11.8 Å². The summed E-state index contributed by atoms with van der Waals surface area (Å²) in [5.74, 6) is -0.953. The molecule has 0 atom stereocenters. The molecular weight excluding hydrogens is 296 g/mol. The zero-order valence-corrected chi connectivity index (χ0v) is 10.5. The quantitative estimate of drug-likeness (QED) is 0.759. The maximum atomic E-state index is 11.9. The number of carbonyl (C=O) groups is 2. The average Bonchev–Trinajstić information content (AvgIpc) is 2.34. The van der Waals surface area contributed by atoms with Gasteiger partial charge in [0.2, 0.25) is 0 Å². The van der Waals surface area contributed by atoms with E-state index in [9.17, 15) is 9.59 Å². The Hall–Kier alpha value is -2.19. The molecular formula is C13H5BrN2O2. The molecule has 0 unspecified atom stereocenters. The second kappa shape index (κ2) is 3.65. The minimum atomic E-state index is -0.517. The molecule has 5 heteroatoms. The van der Waals surface area contributed by atoms with E-state index >= 15 is 0 Å². The first kappa shape index (κ1) is 10.9. The molecule has 0 fully saturated rings. The van der Waals surface area contributed by atoms with Crippen LogP contribution >= 0.6 is 15.9 Å². The highest BCUT2D eigenvalue weighted by atomic mass is 79.9. The van der Waals surface area contributed by atoms with E-state index in [0.717, 1.165) is 9.86 Å². The van der Waals surface area contributed by atoms with Crippen LogP contribution in [0, 0.1) is 11.3 Å². The first-order valence-electron chi connectivity index (χ1n) is 5.14. The van der Waals surface area contributed by atoms with E-state index in [1.54, 1.807) is 18.2 Å². The molecule has 2 aromatic carbocycles. The molecule has 1 aliphatic heterocycles. The fraction of sp³-hybridized carbons (Fsp3) is 0. The maximum absolute atomic E-state index is 11.9. The minimum Gasteiger partial charge on any atom is -0.288 e. The molecule has 0 saturated carbocycles. The van der Waals surface area contributed by atoms with Crippen LogP contribution in [0.3, 0.4) is 0 Å². The van der Waals surface area contributed by atoms with Crippen molar-refractivity contribution in [2.24, 2.45) is 0 Å². The summed E-state index contributed by atoms with van der Waals surface area (Å²) in [7, 11) is 0. The number of halogens is 1. The summed E-state index contributed by atoms with van der Waals surface area (Å²) in [6, 6.07) is 8.76. The van der Waals surface area contributed by atoms with Gasteiger partial charge < -0.3 is 0 Å². The molecule has 0 saturated heterocycles. The summed E-state index contributed by atoms with van der Waals surface area (Å²) in [6.45, 7) is 0. The standard InChI is InChI=1S/C13H5BrN2O2/c14-8-3-6-1-2-7(5-15)11-10(6)9(4-8)12(17)16-13(11)18/h1-4H,(H,16,17,18). The second-order valence-electron chi connectivity index (χ2n) is 3.93. The van der Waals surface area contributed by atoms with Crippen molar-refractivity contribution in [3.8, 4) is 6.07 Å². The predicted octanol–water partition coefficient (Wildman–Crippen LogP) is 2.36. The molecule has 4 nitrogen and oxygen atoms in total. The third-order valence-corrected chi connectivity index (χ3v) is 3.36. The van der Waals surface area contributed by atoms with Crippen LogP contribution in [0.1, 0.15) is 26.3 Å². The van der Waals surface area contributed by atoms with Crippen molar-refractivity contribution in [1.82, 2.24) is 5.32 Å². The zero-order chi connectivity index (χ0) is 12.9. The summed E-state index contributed by atoms with van der Waals surface area (Å²) in [5, 5.41) is 12.6. The van der Waals surface area contributed by atoms with Gasteiger partial charge in [-0.2, -0.15) is 5.26 Å². The number of nitrogens with zero attached hydrogens (tertiary/aromatic N) is 1. The molecule has 0 radical (unpaired) electrons. The molecule has 2 amide bonds. The Kier molecular flexibility index (Phi) is 2.22. The summed E-state index contributed by atoms with van der Waals surface area (Å²) >= 11 is 3.32. The van der Waals surface area contributed by atoms with Crippen LogP contribution in [0.25, 0.3) is 10.8 Å². The Morgan fingerprint density at radius 2 is 1.94 bits per heavy atom. The minimum absolute atomic E-state index is 0.274. The summed E-state index contributed by atoms with van der Waals surface area (Å²) in [6.07, 6.45) is 0. The highest BCUT2D eigenvalue weighted by Crippen LogP contribution is 2.31. The predicted molar refractivity (Wildman–Crippen MR) is 68.2 cm³/mol. The number of nitriles is 1. The highest BCUT2D eigenvalue weighted by molar-refractivity contribution is 9.10. The lowest BCUT2D eigenvalue weighted by molar-refractivity contribution is 0.0845.